The first-order valence-corrected chi connectivity index (χ1v) is 6.96. The van der Waals surface area contributed by atoms with Crippen LogP contribution >= 0.6 is 11.6 Å². The highest BCUT2D eigenvalue weighted by Gasteiger charge is 2.25. The fourth-order valence-corrected chi connectivity index (χ4v) is 2.06. The lowest BCUT2D eigenvalue weighted by atomic mass is 9.88. The number of likely N-dealkylation sites (N-methyl/N-ethyl adjacent to an activating group) is 1. The Morgan fingerprint density at radius 1 is 1.60 bits per heavy atom. The number of aliphatic hydroxyl groups excluding tert-OH is 1. The molecule has 0 bridgehead atoms. The monoisotopic (exact) mass is 295 g/mol. The van der Waals surface area contributed by atoms with Crippen LogP contribution in [0.2, 0.25) is 5.15 Å². The molecule has 1 saturated carbocycles. The van der Waals surface area contributed by atoms with Gasteiger partial charge in [-0.2, -0.15) is 0 Å². The average Bonchev–Trinajstić information content (AvgIpc) is 3.20. The Morgan fingerprint density at radius 3 is 3.00 bits per heavy atom. The number of hydrogen-bond acceptors (Lipinski definition) is 5. The summed E-state index contributed by atoms with van der Waals surface area (Å²) in [6.07, 6.45) is 2.27. The standard InChI is InChI=1S/C13H17BClN2O3/c1-17(4-5-18)8-13(19)20-14-10-6-11(9-2-3-9)16-12(15)7-10/h6-7,9,18H,2-5,8H2,1H3. The van der Waals surface area contributed by atoms with Crippen LogP contribution in [-0.4, -0.2) is 55.2 Å². The van der Waals surface area contributed by atoms with Gasteiger partial charge in [0.25, 0.3) is 0 Å². The van der Waals surface area contributed by atoms with Crippen molar-refractivity contribution in [1.82, 2.24) is 9.88 Å². The molecular formula is C13H17BClN2O3. The largest absolute Gasteiger partial charge is 0.532 e. The summed E-state index contributed by atoms with van der Waals surface area (Å²) in [6, 6.07) is 3.56. The second kappa shape index (κ2) is 7.06. The maximum atomic E-state index is 11.6. The molecule has 1 aliphatic carbocycles. The quantitative estimate of drug-likeness (QED) is 0.580. The number of pyridine rings is 1. The van der Waals surface area contributed by atoms with E-state index in [9.17, 15) is 4.79 Å². The number of nitrogens with zero attached hydrogens (tertiary/aromatic N) is 2. The van der Waals surface area contributed by atoms with E-state index >= 15 is 0 Å². The minimum absolute atomic E-state index is 0.0121. The highest BCUT2D eigenvalue weighted by Crippen LogP contribution is 2.38. The second-order valence-corrected chi connectivity index (χ2v) is 5.38. The van der Waals surface area contributed by atoms with Crippen molar-refractivity contribution in [1.29, 1.82) is 0 Å². The van der Waals surface area contributed by atoms with Gasteiger partial charge in [-0.1, -0.05) is 11.6 Å². The molecule has 1 fully saturated rings. The van der Waals surface area contributed by atoms with Crippen LogP contribution in [0.1, 0.15) is 24.5 Å². The van der Waals surface area contributed by atoms with Crippen LogP contribution in [-0.2, 0) is 9.45 Å². The van der Waals surface area contributed by atoms with Crippen LogP contribution in [0.4, 0.5) is 0 Å². The van der Waals surface area contributed by atoms with E-state index in [4.69, 9.17) is 21.4 Å². The summed E-state index contributed by atoms with van der Waals surface area (Å²) in [5, 5.41) is 9.16. The van der Waals surface area contributed by atoms with E-state index in [1.54, 1.807) is 18.0 Å². The molecule has 0 spiro atoms. The summed E-state index contributed by atoms with van der Waals surface area (Å²) in [5.41, 5.74) is 1.70. The van der Waals surface area contributed by atoms with Gasteiger partial charge in [0.1, 0.15) is 5.15 Å². The number of aromatic nitrogens is 1. The molecule has 0 saturated heterocycles. The van der Waals surface area contributed by atoms with Gasteiger partial charge in [-0.3, -0.25) is 9.69 Å². The highest BCUT2D eigenvalue weighted by atomic mass is 35.5. The Morgan fingerprint density at radius 2 is 2.35 bits per heavy atom. The second-order valence-electron chi connectivity index (χ2n) is 4.99. The summed E-state index contributed by atoms with van der Waals surface area (Å²) in [6.45, 7) is 0.575. The van der Waals surface area contributed by atoms with Crippen LogP contribution in [0.25, 0.3) is 0 Å². The van der Waals surface area contributed by atoms with E-state index < -0.39 is 0 Å². The van der Waals surface area contributed by atoms with Crippen molar-refractivity contribution in [2.75, 3.05) is 26.7 Å². The molecule has 0 aliphatic heterocycles. The van der Waals surface area contributed by atoms with Crippen molar-refractivity contribution in [3.8, 4) is 0 Å². The van der Waals surface area contributed by atoms with Crippen LogP contribution in [0.5, 0.6) is 0 Å². The Hall–Kier alpha value is -1.11. The zero-order chi connectivity index (χ0) is 14.5. The molecule has 2 rings (SSSR count). The van der Waals surface area contributed by atoms with Gasteiger partial charge in [0.15, 0.2) is 0 Å². The van der Waals surface area contributed by atoms with Gasteiger partial charge in [0.05, 0.1) is 13.2 Å². The van der Waals surface area contributed by atoms with Crippen molar-refractivity contribution in [2.24, 2.45) is 0 Å². The zero-order valence-corrected chi connectivity index (χ0v) is 12.1. The summed E-state index contributed by atoms with van der Waals surface area (Å²) in [7, 11) is 3.14. The molecule has 7 heteroatoms. The first kappa shape index (κ1) is 15.3. The van der Waals surface area contributed by atoms with Crippen LogP contribution in [0, 0.1) is 0 Å². The predicted molar refractivity (Wildman–Crippen MR) is 77.3 cm³/mol. The number of hydrogen-bond donors (Lipinski definition) is 1. The molecule has 1 aromatic rings. The number of carbonyl (C=O) groups excluding carboxylic acids is 1. The Kier molecular flexibility index (Phi) is 5.40. The molecule has 20 heavy (non-hydrogen) atoms. The van der Waals surface area contributed by atoms with Crippen molar-refractivity contribution in [2.45, 2.75) is 18.8 Å². The van der Waals surface area contributed by atoms with Crippen LogP contribution < -0.4 is 5.46 Å². The third-order valence-corrected chi connectivity index (χ3v) is 3.23. The SMILES string of the molecule is CN(CCO)CC(=O)O[B]c1cc(Cl)nc(C2CC2)c1. The molecule has 5 nitrogen and oxygen atoms in total. The first-order valence-electron chi connectivity index (χ1n) is 6.58. The molecule has 1 N–H and O–H groups in total. The maximum absolute atomic E-state index is 11.6. The Bertz CT molecular complexity index is 483. The summed E-state index contributed by atoms with van der Waals surface area (Å²) in [4.78, 5) is 17.5. The first-order chi connectivity index (χ1) is 9.58. The molecule has 1 heterocycles. The van der Waals surface area contributed by atoms with E-state index in [1.807, 2.05) is 6.07 Å². The third-order valence-electron chi connectivity index (χ3n) is 3.04. The van der Waals surface area contributed by atoms with E-state index in [-0.39, 0.29) is 19.1 Å². The fraction of sp³-hybridized carbons (Fsp3) is 0.538. The van der Waals surface area contributed by atoms with E-state index in [1.165, 1.54) is 7.48 Å². The molecule has 1 aromatic heterocycles. The summed E-state index contributed by atoms with van der Waals surface area (Å²) >= 11 is 5.96. The van der Waals surface area contributed by atoms with Crippen molar-refractivity contribution >= 4 is 30.5 Å². The lowest BCUT2D eigenvalue weighted by Crippen LogP contribution is -2.32. The Balaban J connectivity index is 1.85. The number of carbonyl (C=O) groups is 1. The molecule has 1 radical (unpaired) electrons. The van der Waals surface area contributed by atoms with Gasteiger partial charge >= 0.3 is 13.5 Å². The van der Waals surface area contributed by atoms with Gasteiger partial charge in [-0.25, -0.2) is 4.98 Å². The normalized spacial score (nSPS) is 14.4. The van der Waals surface area contributed by atoms with E-state index in [0.29, 0.717) is 17.6 Å². The number of halogens is 1. The summed E-state index contributed by atoms with van der Waals surface area (Å²) < 4.78 is 5.08. The molecule has 0 aromatic carbocycles. The molecule has 0 amide bonds. The van der Waals surface area contributed by atoms with Crippen LogP contribution in [0.3, 0.4) is 0 Å². The minimum Gasteiger partial charge on any atom is -0.532 e. The van der Waals surface area contributed by atoms with E-state index in [2.05, 4.69) is 4.98 Å². The van der Waals surface area contributed by atoms with Gasteiger partial charge in [0.2, 0.25) is 0 Å². The predicted octanol–water partition coefficient (Wildman–Crippen LogP) is 0.324. The lowest BCUT2D eigenvalue weighted by molar-refractivity contribution is -0.135. The third kappa shape index (κ3) is 4.78. The fourth-order valence-electron chi connectivity index (χ4n) is 1.84. The zero-order valence-electron chi connectivity index (χ0n) is 11.4. The number of rotatable bonds is 7. The molecule has 0 unspecified atom stereocenters. The Labute approximate surface area is 124 Å². The molecule has 1 aliphatic rings. The molecular weight excluding hydrogens is 278 g/mol. The lowest BCUT2D eigenvalue weighted by Gasteiger charge is -2.14. The smallest absolute Gasteiger partial charge is 0.412 e. The van der Waals surface area contributed by atoms with Gasteiger partial charge in [-0.05, 0) is 37.5 Å². The average molecular weight is 296 g/mol. The van der Waals surface area contributed by atoms with Crippen LogP contribution in [0.15, 0.2) is 12.1 Å². The molecule has 0 atom stereocenters. The highest BCUT2D eigenvalue weighted by molar-refractivity contribution is 6.49. The van der Waals surface area contributed by atoms with Gasteiger partial charge < -0.3 is 9.76 Å². The topological polar surface area (TPSA) is 62.7 Å². The van der Waals surface area contributed by atoms with Crippen molar-refractivity contribution in [3.63, 3.8) is 0 Å². The minimum atomic E-state index is -0.373. The van der Waals surface area contributed by atoms with Gasteiger partial charge in [0, 0.05) is 18.2 Å². The summed E-state index contributed by atoms with van der Waals surface area (Å²) in [5.74, 6) is 0.120. The van der Waals surface area contributed by atoms with Gasteiger partial charge in [-0.15, -0.1) is 0 Å². The maximum Gasteiger partial charge on any atom is 0.412 e. The van der Waals surface area contributed by atoms with Crippen molar-refractivity contribution < 1.29 is 14.6 Å². The molecule has 107 valence electrons. The van der Waals surface area contributed by atoms with Crippen molar-refractivity contribution in [3.05, 3.63) is 23.0 Å². The van der Waals surface area contributed by atoms with E-state index in [0.717, 1.165) is 24.0 Å². The number of aliphatic hydroxyl groups is 1.